The second-order valence-corrected chi connectivity index (χ2v) is 4.78. The van der Waals surface area contributed by atoms with Crippen molar-refractivity contribution in [3.05, 3.63) is 40.1 Å². The molecule has 0 atom stereocenters. The first-order valence-electron chi connectivity index (χ1n) is 5.45. The van der Waals surface area contributed by atoms with Gasteiger partial charge in [0.1, 0.15) is 5.82 Å². The molecular weight excluding hydrogens is 291 g/mol. The van der Waals surface area contributed by atoms with Gasteiger partial charge in [0, 0.05) is 11.1 Å². The van der Waals surface area contributed by atoms with E-state index >= 15 is 0 Å². The van der Waals surface area contributed by atoms with Gasteiger partial charge in [-0.2, -0.15) is 0 Å². The van der Waals surface area contributed by atoms with Gasteiger partial charge in [-0.1, -0.05) is 11.6 Å². The minimum absolute atomic E-state index is 0.0527. The minimum atomic E-state index is -0.520. The van der Waals surface area contributed by atoms with Crippen molar-refractivity contribution in [1.82, 2.24) is 4.98 Å². The molecule has 1 aromatic heterocycles. The number of benzene rings is 1. The van der Waals surface area contributed by atoms with Crippen molar-refractivity contribution in [2.75, 3.05) is 11.9 Å². The van der Waals surface area contributed by atoms with Crippen LogP contribution in [-0.2, 0) is 4.74 Å². The molecule has 4 nitrogen and oxygen atoms in total. The van der Waals surface area contributed by atoms with E-state index in [0.29, 0.717) is 17.4 Å². The van der Waals surface area contributed by atoms with Crippen molar-refractivity contribution in [2.45, 2.75) is 6.92 Å². The van der Waals surface area contributed by atoms with Gasteiger partial charge >= 0.3 is 5.97 Å². The summed E-state index contributed by atoms with van der Waals surface area (Å²) in [5, 5.41) is 5.00. The van der Waals surface area contributed by atoms with Gasteiger partial charge in [0.15, 0.2) is 10.8 Å². The van der Waals surface area contributed by atoms with Crippen LogP contribution in [0.3, 0.4) is 0 Å². The first-order valence-corrected chi connectivity index (χ1v) is 6.70. The lowest BCUT2D eigenvalue weighted by Crippen LogP contribution is -2.05. The number of aromatic nitrogens is 1. The van der Waals surface area contributed by atoms with E-state index in [0.717, 1.165) is 0 Å². The molecule has 7 heteroatoms. The van der Waals surface area contributed by atoms with E-state index in [1.807, 2.05) is 0 Å². The zero-order valence-electron chi connectivity index (χ0n) is 9.94. The van der Waals surface area contributed by atoms with E-state index in [4.69, 9.17) is 16.3 Å². The number of nitrogens with zero attached hydrogens (tertiary/aromatic N) is 1. The molecule has 1 N–H and O–H groups in total. The molecule has 0 aliphatic heterocycles. The van der Waals surface area contributed by atoms with Crippen LogP contribution in [0.15, 0.2) is 23.6 Å². The third kappa shape index (κ3) is 3.42. The molecule has 0 bridgehead atoms. The molecule has 2 rings (SSSR count). The van der Waals surface area contributed by atoms with E-state index < -0.39 is 11.8 Å². The van der Waals surface area contributed by atoms with Crippen LogP contribution in [0.1, 0.15) is 17.4 Å². The Morgan fingerprint density at radius 1 is 1.58 bits per heavy atom. The fourth-order valence-electron chi connectivity index (χ4n) is 1.33. The van der Waals surface area contributed by atoms with Crippen LogP contribution in [0.2, 0.25) is 5.02 Å². The monoisotopic (exact) mass is 300 g/mol. The van der Waals surface area contributed by atoms with Crippen molar-refractivity contribution in [2.24, 2.45) is 0 Å². The van der Waals surface area contributed by atoms with E-state index in [1.165, 1.54) is 23.5 Å². The number of hydrogen-bond donors (Lipinski definition) is 1. The van der Waals surface area contributed by atoms with E-state index in [2.05, 4.69) is 10.3 Å². The van der Waals surface area contributed by atoms with Crippen LogP contribution in [0.4, 0.5) is 15.2 Å². The highest BCUT2D eigenvalue weighted by Crippen LogP contribution is 2.24. The highest BCUT2D eigenvalue weighted by molar-refractivity contribution is 7.14. The number of carbonyl (C=O) groups excluding carboxylic acids is 1. The molecule has 19 heavy (non-hydrogen) atoms. The molecule has 0 aliphatic carbocycles. The third-order valence-electron chi connectivity index (χ3n) is 2.16. The van der Waals surface area contributed by atoms with E-state index in [1.54, 1.807) is 18.4 Å². The Balaban J connectivity index is 2.11. The first kappa shape index (κ1) is 13.8. The Kier molecular flexibility index (Phi) is 4.34. The average Bonchev–Trinajstić information content (AvgIpc) is 2.83. The van der Waals surface area contributed by atoms with Gasteiger partial charge in [-0.05, 0) is 25.1 Å². The number of ether oxygens (including phenoxy) is 1. The topological polar surface area (TPSA) is 51.2 Å². The number of hydrogen-bond acceptors (Lipinski definition) is 5. The summed E-state index contributed by atoms with van der Waals surface area (Å²) in [5.41, 5.74) is 0.732. The number of esters is 1. The van der Waals surface area contributed by atoms with Crippen LogP contribution < -0.4 is 5.32 Å². The van der Waals surface area contributed by atoms with Gasteiger partial charge in [0.25, 0.3) is 0 Å². The maximum absolute atomic E-state index is 13.3. The fraction of sp³-hybridized carbons (Fsp3) is 0.167. The number of rotatable bonds is 4. The fourth-order valence-corrected chi connectivity index (χ4v) is 2.14. The van der Waals surface area contributed by atoms with Crippen molar-refractivity contribution < 1.29 is 13.9 Å². The summed E-state index contributed by atoms with van der Waals surface area (Å²) in [5.74, 6) is -0.997. The Bertz CT molecular complexity index is 603. The number of anilines is 2. The summed E-state index contributed by atoms with van der Waals surface area (Å²) < 4.78 is 18.1. The van der Waals surface area contributed by atoms with Crippen LogP contribution in [0, 0.1) is 5.82 Å². The Labute approximate surface area is 118 Å². The van der Waals surface area contributed by atoms with Crippen LogP contribution in [0.25, 0.3) is 0 Å². The number of nitrogens with one attached hydrogen (secondary N) is 1. The van der Waals surface area contributed by atoms with Crippen molar-refractivity contribution in [1.29, 1.82) is 0 Å². The van der Waals surface area contributed by atoms with Gasteiger partial charge < -0.3 is 10.1 Å². The number of carbonyl (C=O) groups is 1. The minimum Gasteiger partial charge on any atom is -0.461 e. The third-order valence-corrected chi connectivity index (χ3v) is 3.22. The lowest BCUT2D eigenvalue weighted by atomic mass is 10.3. The van der Waals surface area contributed by atoms with Gasteiger partial charge in [-0.3, -0.25) is 0 Å². The smallest absolute Gasteiger partial charge is 0.357 e. The van der Waals surface area contributed by atoms with Crippen molar-refractivity contribution >= 4 is 39.7 Å². The average molecular weight is 301 g/mol. The van der Waals surface area contributed by atoms with Crippen molar-refractivity contribution in [3.8, 4) is 0 Å². The summed E-state index contributed by atoms with van der Waals surface area (Å²) in [6.45, 7) is 2.02. The molecular formula is C12H10ClFN2O2S. The summed E-state index contributed by atoms with van der Waals surface area (Å²) in [4.78, 5) is 15.5. The van der Waals surface area contributed by atoms with Crippen LogP contribution >= 0.6 is 22.9 Å². The second kappa shape index (κ2) is 5.99. The molecule has 0 spiro atoms. The molecule has 0 amide bonds. The molecule has 0 saturated carbocycles. The van der Waals surface area contributed by atoms with Gasteiger partial charge in [-0.25, -0.2) is 14.2 Å². The lowest BCUT2D eigenvalue weighted by Gasteiger charge is -2.03. The normalized spacial score (nSPS) is 10.3. The summed E-state index contributed by atoms with van der Waals surface area (Å²) >= 11 is 6.82. The molecule has 0 aliphatic rings. The Hall–Kier alpha value is -1.66. The largest absolute Gasteiger partial charge is 0.461 e. The second-order valence-electron chi connectivity index (χ2n) is 3.51. The van der Waals surface area contributed by atoms with Gasteiger partial charge in [-0.15, -0.1) is 11.3 Å². The molecule has 0 fully saturated rings. The number of thiazole rings is 1. The molecule has 0 saturated heterocycles. The molecule has 0 unspecified atom stereocenters. The Morgan fingerprint density at radius 2 is 2.37 bits per heavy atom. The van der Waals surface area contributed by atoms with Crippen LogP contribution in [-0.4, -0.2) is 17.6 Å². The summed E-state index contributed by atoms with van der Waals surface area (Å²) in [6.07, 6.45) is 0. The first-order chi connectivity index (χ1) is 9.10. The predicted molar refractivity (Wildman–Crippen MR) is 72.8 cm³/mol. The van der Waals surface area contributed by atoms with Crippen molar-refractivity contribution in [3.63, 3.8) is 0 Å². The quantitative estimate of drug-likeness (QED) is 0.871. The molecule has 1 heterocycles. The SMILES string of the molecule is CCOC(=O)c1csc(Nc2ccc(Cl)c(F)c2)n1. The standard InChI is InChI=1S/C12H10ClFN2O2S/c1-2-18-11(17)10-6-19-12(16-10)15-7-3-4-8(13)9(14)5-7/h3-6H,2H2,1H3,(H,15,16). The molecule has 1 aromatic carbocycles. The number of halogens is 2. The van der Waals surface area contributed by atoms with Gasteiger partial charge in [0.05, 0.1) is 11.6 Å². The summed E-state index contributed by atoms with van der Waals surface area (Å²) in [6, 6.07) is 4.32. The molecule has 100 valence electrons. The maximum Gasteiger partial charge on any atom is 0.357 e. The molecule has 2 aromatic rings. The van der Waals surface area contributed by atoms with Gasteiger partial charge in [0.2, 0.25) is 0 Å². The summed E-state index contributed by atoms with van der Waals surface area (Å²) in [7, 11) is 0. The highest BCUT2D eigenvalue weighted by Gasteiger charge is 2.11. The maximum atomic E-state index is 13.3. The Morgan fingerprint density at radius 3 is 3.05 bits per heavy atom. The molecule has 0 radical (unpaired) electrons. The predicted octanol–water partition coefficient (Wildman–Crippen LogP) is 3.86. The lowest BCUT2D eigenvalue weighted by molar-refractivity contribution is 0.0520. The zero-order valence-corrected chi connectivity index (χ0v) is 11.5. The zero-order chi connectivity index (χ0) is 13.8. The highest BCUT2D eigenvalue weighted by atomic mass is 35.5. The van der Waals surface area contributed by atoms with E-state index in [9.17, 15) is 9.18 Å². The van der Waals surface area contributed by atoms with Crippen LogP contribution in [0.5, 0.6) is 0 Å². The van der Waals surface area contributed by atoms with E-state index in [-0.39, 0.29) is 10.7 Å².